The highest BCUT2D eigenvalue weighted by molar-refractivity contribution is 6.01. The van der Waals surface area contributed by atoms with Crippen molar-refractivity contribution in [3.63, 3.8) is 0 Å². The third-order valence-electron chi connectivity index (χ3n) is 3.64. The molecule has 0 spiro atoms. The molecule has 2 aromatic heterocycles. The molecule has 2 N–H and O–H groups in total. The summed E-state index contributed by atoms with van der Waals surface area (Å²) in [6.45, 7) is 1.41. The zero-order chi connectivity index (χ0) is 15.9. The summed E-state index contributed by atoms with van der Waals surface area (Å²) in [5.41, 5.74) is 2.12. The Morgan fingerprint density at radius 2 is 1.87 bits per heavy atom. The lowest BCUT2D eigenvalue weighted by Crippen LogP contribution is -2.16. The molecule has 0 aliphatic rings. The Kier molecular flexibility index (Phi) is 4.79. The van der Waals surface area contributed by atoms with Crippen LogP contribution in [0.1, 0.15) is 6.42 Å². The van der Waals surface area contributed by atoms with Gasteiger partial charge in [-0.05, 0) is 17.9 Å². The van der Waals surface area contributed by atoms with Gasteiger partial charge < -0.3 is 10.6 Å². The third kappa shape index (κ3) is 3.45. The maximum atomic E-state index is 10.2. The molecular weight excluding hydrogens is 288 g/mol. The van der Waals surface area contributed by atoms with E-state index in [9.17, 15) is 4.79 Å². The van der Waals surface area contributed by atoms with E-state index in [0.29, 0.717) is 6.54 Å². The van der Waals surface area contributed by atoms with Crippen molar-refractivity contribution in [3.05, 3.63) is 55.0 Å². The Morgan fingerprint density at radius 3 is 2.65 bits per heavy atom. The lowest BCUT2D eigenvalue weighted by atomic mass is 10.0. The van der Waals surface area contributed by atoms with E-state index in [2.05, 4.69) is 32.7 Å². The number of anilines is 1. The van der Waals surface area contributed by atoms with Crippen molar-refractivity contribution < 1.29 is 4.79 Å². The molecule has 1 aromatic carbocycles. The van der Waals surface area contributed by atoms with Gasteiger partial charge in [-0.15, -0.1) is 0 Å². The van der Waals surface area contributed by atoms with Crippen molar-refractivity contribution in [1.82, 2.24) is 15.3 Å². The number of hydrogen-bond acceptors (Lipinski definition) is 4. The van der Waals surface area contributed by atoms with E-state index < -0.39 is 0 Å². The molecule has 5 nitrogen and oxygen atoms in total. The van der Waals surface area contributed by atoms with Crippen molar-refractivity contribution in [2.45, 2.75) is 6.42 Å². The summed E-state index contributed by atoms with van der Waals surface area (Å²) in [7, 11) is 0. The summed E-state index contributed by atoms with van der Waals surface area (Å²) in [6.07, 6.45) is 7.06. The van der Waals surface area contributed by atoms with Crippen molar-refractivity contribution in [2.75, 3.05) is 18.4 Å². The van der Waals surface area contributed by atoms with E-state index in [-0.39, 0.29) is 0 Å². The summed E-state index contributed by atoms with van der Waals surface area (Å²) in [6, 6.07) is 12.2. The molecule has 0 saturated carbocycles. The van der Waals surface area contributed by atoms with Gasteiger partial charge in [-0.25, -0.2) is 4.98 Å². The van der Waals surface area contributed by atoms with Gasteiger partial charge in [0.1, 0.15) is 5.82 Å². The number of nitrogens with zero attached hydrogens (tertiary/aromatic N) is 2. The fourth-order valence-corrected chi connectivity index (χ4v) is 2.54. The Balaban J connectivity index is 1.89. The first-order chi connectivity index (χ1) is 11.4. The van der Waals surface area contributed by atoms with Crippen molar-refractivity contribution in [1.29, 1.82) is 0 Å². The molecule has 2 heterocycles. The van der Waals surface area contributed by atoms with Crippen LogP contribution in [0.2, 0.25) is 0 Å². The van der Waals surface area contributed by atoms with Gasteiger partial charge in [0.05, 0.1) is 0 Å². The van der Waals surface area contributed by atoms with Crippen molar-refractivity contribution in [3.8, 4) is 11.1 Å². The second-order valence-corrected chi connectivity index (χ2v) is 5.16. The summed E-state index contributed by atoms with van der Waals surface area (Å²) < 4.78 is 0. The molecule has 0 bridgehead atoms. The van der Waals surface area contributed by atoms with Crippen molar-refractivity contribution in [2.24, 2.45) is 0 Å². The van der Waals surface area contributed by atoms with Crippen LogP contribution in [0.3, 0.4) is 0 Å². The smallest absolute Gasteiger partial charge is 0.207 e. The molecule has 3 aromatic rings. The Bertz CT molecular complexity index is 789. The first-order valence-electron chi connectivity index (χ1n) is 7.59. The highest BCUT2D eigenvalue weighted by Gasteiger charge is 2.08. The molecule has 3 rings (SSSR count). The number of carbonyl (C=O) groups is 1. The van der Waals surface area contributed by atoms with Gasteiger partial charge in [-0.1, -0.05) is 30.3 Å². The van der Waals surface area contributed by atoms with Crippen LogP contribution in [0.4, 0.5) is 5.82 Å². The van der Waals surface area contributed by atoms with Crippen LogP contribution >= 0.6 is 0 Å². The maximum absolute atomic E-state index is 10.2. The minimum Gasteiger partial charge on any atom is -0.369 e. The summed E-state index contributed by atoms with van der Waals surface area (Å²) in [5.74, 6) is 0.861. The minimum atomic E-state index is 0.655. The zero-order valence-corrected chi connectivity index (χ0v) is 12.7. The van der Waals surface area contributed by atoms with E-state index >= 15 is 0 Å². The fraction of sp³-hybridized carbons (Fsp3) is 0.167. The number of fused-ring (bicyclic) bond motifs is 1. The van der Waals surface area contributed by atoms with Crippen LogP contribution in [-0.2, 0) is 4.79 Å². The van der Waals surface area contributed by atoms with Gasteiger partial charge in [0.25, 0.3) is 0 Å². The van der Waals surface area contributed by atoms with Crippen molar-refractivity contribution >= 4 is 23.0 Å². The van der Waals surface area contributed by atoms with E-state index in [0.717, 1.165) is 47.1 Å². The SMILES string of the molecule is O=CNCCCNc1ncc(-c2cccnc2)c2ccccc12. The lowest BCUT2D eigenvalue weighted by Gasteiger charge is -2.12. The molecule has 0 aliphatic heterocycles. The number of rotatable bonds is 7. The number of aromatic nitrogens is 2. The van der Waals surface area contributed by atoms with Crippen LogP contribution in [0.15, 0.2) is 55.0 Å². The highest BCUT2D eigenvalue weighted by atomic mass is 16.1. The first kappa shape index (κ1) is 15.0. The predicted octanol–water partition coefficient (Wildman–Crippen LogP) is 2.84. The average molecular weight is 306 g/mol. The third-order valence-corrected chi connectivity index (χ3v) is 3.64. The van der Waals surface area contributed by atoms with E-state index in [1.807, 2.05) is 36.7 Å². The van der Waals surface area contributed by atoms with Crippen LogP contribution in [0.25, 0.3) is 21.9 Å². The average Bonchev–Trinajstić information content (AvgIpc) is 2.62. The van der Waals surface area contributed by atoms with Gasteiger partial charge in [0.15, 0.2) is 0 Å². The molecule has 0 unspecified atom stereocenters. The van der Waals surface area contributed by atoms with E-state index in [4.69, 9.17) is 0 Å². The van der Waals surface area contributed by atoms with Crippen LogP contribution in [0, 0.1) is 0 Å². The van der Waals surface area contributed by atoms with Crippen LogP contribution in [0.5, 0.6) is 0 Å². The predicted molar refractivity (Wildman–Crippen MR) is 92.1 cm³/mol. The van der Waals surface area contributed by atoms with Gasteiger partial charge in [0, 0.05) is 48.2 Å². The first-order valence-corrected chi connectivity index (χ1v) is 7.59. The lowest BCUT2D eigenvalue weighted by molar-refractivity contribution is -0.109. The van der Waals surface area contributed by atoms with Gasteiger partial charge in [-0.2, -0.15) is 0 Å². The molecule has 1 amide bonds. The Hall–Kier alpha value is -2.95. The number of nitrogens with one attached hydrogen (secondary N) is 2. The highest BCUT2D eigenvalue weighted by Crippen LogP contribution is 2.30. The number of hydrogen-bond donors (Lipinski definition) is 2. The van der Waals surface area contributed by atoms with Gasteiger partial charge >= 0.3 is 0 Å². The second-order valence-electron chi connectivity index (χ2n) is 5.16. The molecular formula is C18H18N4O. The fourth-order valence-electron chi connectivity index (χ4n) is 2.54. The Labute approximate surface area is 134 Å². The molecule has 116 valence electrons. The minimum absolute atomic E-state index is 0.655. The van der Waals surface area contributed by atoms with E-state index in [1.54, 1.807) is 6.20 Å². The van der Waals surface area contributed by atoms with Gasteiger partial charge in [0.2, 0.25) is 6.41 Å². The number of carbonyl (C=O) groups excluding carboxylic acids is 1. The maximum Gasteiger partial charge on any atom is 0.207 e. The molecule has 23 heavy (non-hydrogen) atoms. The van der Waals surface area contributed by atoms with Gasteiger partial charge in [-0.3, -0.25) is 9.78 Å². The molecule has 0 radical (unpaired) electrons. The summed E-state index contributed by atoms with van der Waals surface area (Å²) >= 11 is 0. The quantitative estimate of drug-likeness (QED) is 0.520. The molecule has 0 aliphatic carbocycles. The summed E-state index contributed by atoms with van der Waals surface area (Å²) in [4.78, 5) is 19.0. The topological polar surface area (TPSA) is 66.9 Å². The normalized spacial score (nSPS) is 10.4. The summed E-state index contributed by atoms with van der Waals surface area (Å²) in [5, 5.41) is 8.22. The number of benzene rings is 1. The number of pyridine rings is 2. The largest absolute Gasteiger partial charge is 0.369 e. The van der Waals surface area contributed by atoms with Crippen LogP contribution < -0.4 is 10.6 Å². The molecule has 0 fully saturated rings. The van der Waals surface area contributed by atoms with Crippen LogP contribution in [-0.4, -0.2) is 29.5 Å². The molecule has 5 heteroatoms. The number of amides is 1. The second kappa shape index (κ2) is 7.35. The molecule has 0 saturated heterocycles. The standard InChI is InChI=1S/C18H18N4O/c23-13-20-9-4-10-21-18-16-7-2-1-6-15(16)17(12-22-18)14-5-3-8-19-11-14/h1-3,5-8,11-13H,4,9-10H2,(H,20,23)(H,21,22). The van der Waals surface area contributed by atoms with E-state index in [1.165, 1.54) is 0 Å². The molecule has 0 atom stereocenters. The Morgan fingerprint density at radius 1 is 1.00 bits per heavy atom. The monoisotopic (exact) mass is 306 g/mol. The zero-order valence-electron chi connectivity index (χ0n) is 12.7.